The number of nitrogens with one attached hydrogen (secondary N) is 1. The molecule has 4 nitrogen and oxygen atoms in total. The van der Waals surface area contributed by atoms with Gasteiger partial charge in [0.2, 0.25) is 0 Å². The number of carboxylic acid groups (broad SMARTS) is 1. The van der Waals surface area contributed by atoms with E-state index in [1.807, 2.05) is 13.8 Å². The highest BCUT2D eigenvalue weighted by atomic mass is 16.5. The molecule has 1 aliphatic rings. The second kappa shape index (κ2) is 6.21. The zero-order chi connectivity index (χ0) is 12.0. The summed E-state index contributed by atoms with van der Waals surface area (Å²) in [6.07, 6.45) is 4.30. The van der Waals surface area contributed by atoms with Crippen molar-refractivity contribution < 1.29 is 14.6 Å². The molecule has 2 N–H and O–H groups in total. The van der Waals surface area contributed by atoms with Crippen LogP contribution in [0.25, 0.3) is 0 Å². The van der Waals surface area contributed by atoms with E-state index < -0.39 is 11.5 Å². The van der Waals surface area contributed by atoms with Crippen LogP contribution in [0.4, 0.5) is 0 Å². The van der Waals surface area contributed by atoms with Gasteiger partial charge in [0.1, 0.15) is 5.54 Å². The fraction of sp³-hybridized carbons (Fsp3) is 0.917. The molecular formula is C12H23NO3. The Bertz CT molecular complexity index is 228. The molecule has 4 heteroatoms. The van der Waals surface area contributed by atoms with Crippen LogP contribution >= 0.6 is 0 Å². The van der Waals surface area contributed by atoms with Crippen LogP contribution in [-0.4, -0.2) is 35.9 Å². The van der Waals surface area contributed by atoms with Gasteiger partial charge in [-0.25, -0.2) is 0 Å². The first-order valence-electron chi connectivity index (χ1n) is 6.23. The Hall–Kier alpha value is -0.610. The van der Waals surface area contributed by atoms with E-state index in [0.717, 1.165) is 19.3 Å². The number of hydrogen-bond donors (Lipinski definition) is 2. The van der Waals surface area contributed by atoms with Gasteiger partial charge < -0.3 is 9.84 Å². The van der Waals surface area contributed by atoms with Crippen molar-refractivity contribution in [3.63, 3.8) is 0 Å². The molecule has 1 unspecified atom stereocenters. The van der Waals surface area contributed by atoms with Crippen molar-refractivity contribution in [3.05, 3.63) is 0 Å². The summed E-state index contributed by atoms with van der Waals surface area (Å²) in [5, 5.41) is 12.6. The van der Waals surface area contributed by atoms with E-state index in [0.29, 0.717) is 32.1 Å². The van der Waals surface area contributed by atoms with Gasteiger partial charge in [0, 0.05) is 19.3 Å². The van der Waals surface area contributed by atoms with Gasteiger partial charge in [0.05, 0.1) is 0 Å². The van der Waals surface area contributed by atoms with Crippen molar-refractivity contribution in [2.24, 2.45) is 0 Å². The molecule has 0 aromatic carbocycles. The Morgan fingerprint density at radius 3 is 2.62 bits per heavy atom. The highest BCUT2D eigenvalue weighted by Gasteiger charge is 2.40. The van der Waals surface area contributed by atoms with E-state index in [4.69, 9.17) is 4.74 Å². The van der Waals surface area contributed by atoms with Gasteiger partial charge in [-0.2, -0.15) is 0 Å². The van der Waals surface area contributed by atoms with Crippen LogP contribution in [0.2, 0.25) is 0 Å². The fourth-order valence-electron chi connectivity index (χ4n) is 1.91. The second-order valence-corrected chi connectivity index (χ2v) is 4.46. The van der Waals surface area contributed by atoms with Gasteiger partial charge in [-0.3, -0.25) is 10.1 Å². The van der Waals surface area contributed by atoms with E-state index in [2.05, 4.69) is 5.32 Å². The van der Waals surface area contributed by atoms with Crippen molar-refractivity contribution in [3.8, 4) is 0 Å². The predicted molar refractivity (Wildman–Crippen MR) is 62.5 cm³/mol. The summed E-state index contributed by atoms with van der Waals surface area (Å²) >= 11 is 0. The molecule has 0 spiro atoms. The maximum atomic E-state index is 11.4. The molecule has 0 aromatic rings. The zero-order valence-electron chi connectivity index (χ0n) is 10.3. The molecule has 0 heterocycles. The third kappa shape index (κ3) is 3.76. The molecule has 0 amide bonds. The first kappa shape index (κ1) is 13.5. The summed E-state index contributed by atoms with van der Waals surface area (Å²) in [4.78, 5) is 11.4. The first-order chi connectivity index (χ1) is 7.64. The Kier molecular flexibility index (Phi) is 5.22. The summed E-state index contributed by atoms with van der Waals surface area (Å²) in [5.74, 6) is -0.724. The molecule has 0 aliphatic heterocycles. The molecule has 1 aliphatic carbocycles. The molecule has 1 rings (SSSR count). The molecule has 1 fully saturated rings. The molecule has 0 radical (unpaired) electrons. The third-order valence-corrected chi connectivity index (χ3v) is 3.17. The molecule has 1 saturated carbocycles. The smallest absolute Gasteiger partial charge is 0.323 e. The van der Waals surface area contributed by atoms with E-state index in [1.54, 1.807) is 0 Å². The zero-order valence-corrected chi connectivity index (χ0v) is 10.3. The molecule has 0 aromatic heterocycles. The van der Waals surface area contributed by atoms with Crippen molar-refractivity contribution in [2.75, 3.05) is 13.2 Å². The Morgan fingerprint density at radius 2 is 2.19 bits per heavy atom. The van der Waals surface area contributed by atoms with Crippen molar-refractivity contribution in [1.29, 1.82) is 0 Å². The van der Waals surface area contributed by atoms with Crippen LogP contribution in [0.5, 0.6) is 0 Å². The third-order valence-electron chi connectivity index (χ3n) is 3.17. The number of rotatable bonds is 9. The lowest BCUT2D eigenvalue weighted by molar-refractivity contribution is -0.145. The van der Waals surface area contributed by atoms with Crippen LogP contribution in [0, 0.1) is 0 Å². The molecule has 1 atom stereocenters. The molecule has 94 valence electrons. The highest BCUT2D eigenvalue weighted by Crippen LogP contribution is 2.27. The standard InChI is InChI=1S/C12H23NO3/c1-3-12(11(14)15,13-10-6-7-10)8-5-9-16-4-2/h10,13H,3-9H2,1-2H3,(H,14,15). The van der Waals surface area contributed by atoms with Gasteiger partial charge in [0.15, 0.2) is 0 Å². The molecule has 16 heavy (non-hydrogen) atoms. The average Bonchev–Trinajstić information content (AvgIpc) is 3.06. The van der Waals surface area contributed by atoms with Crippen LogP contribution in [-0.2, 0) is 9.53 Å². The fourth-order valence-corrected chi connectivity index (χ4v) is 1.91. The summed E-state index contributed by atoms with van der Waals surface area (Å²) in [6.45, 7) is 5.23. The van der Waals surface area contributed by atoms with Gasteiger partial charge in [-0.05, 0) is 39.0 Å². The lowest BCUT2D eigenvalue weighted by atomic mass is 9.90. The first-order valence-corrected chi connectivity index (χ1v) is 6.23. The number of aliphatic carboxylic acids is 1. The number of hydrogen-bond acceptors (Lipinski definition) is 3. The maximum Gasteiger partial charge on any atom is 0.323 e. The quantitative estimate of drug-likeness (QED) is 0.592. The monoisotopic (exact) mass is 229 g/mol. The largest absolute Gasteiger partial charge is 0.480 e. The summed E-state index contributed by atoms with van der Waals surface area (Å²) in [6, 6.07) is 0.420. The normalized spacial score (nSPS) is 19.4. The van der Waals surface area contributed by atoms with Gasteiger partial charge in [0.25, 0.3) is 0 Å². The summed E-state index contributed by atoms with van der Waals surface area (Å²) in [5.41, 5.74) is -0.738. The van der Waals surface area contributed by atoms with Gasteiger partial charge in [-0.1, -0.05) is 6.92 Å². The topological polar surface area (TPSA) is 58.6 Å². The SMILES string of the molecule is CCOCCCC(CC)(NC1CC1)C(=O)O. The Balaban J connectivity index is 2.43. The van der Waals surface area contributed by atoms with Gasteiger partial charge in [-0.15, -0.1) is 0 Å². The van der Waals surface area contributed by atoms with Crippen molar-refractivity contribution >= 4 is 5.97 Å². The lowest BCUT2D eigenvalue weighted by Crippen LogP contribution is -2.52. The Labute approximate surface area is 97.4 Å². The van der Waals surface area contributed by atoms with Crippen LogP contribution in [0.1, 0.15) is 46.0 Å². The van der Waals surface area contributed by atoms with E-state index >= 15 is 0 Å². The van der Waals surface area contributed by atoms with Crippen molar-refractivity contribution in [2.45, 2.75) is 57.5 Å². The van der Waals surface area contributed by atoms with Gasteiger partial charge >= 0.3 is 5.97 Å². The van der Waals surface area contributed by atoms with E-state index in [1.165, 1.54) is 0 Å². The lowest BCUT2D eigenvalue weighted by Gasteiger charge is -2.29. The average molecular weight is 229 g/mol. The number of carboxylic acids is 1. The summed E-state index contributed by atoms with van der Waals surface area (Å²) < 4.78 is 5.25. The summed E-state index contributed by atoms with van der Waals surface area (Å²) in [7, 11) is 0. The molecular weight excluding hydrogens is 206 g/mol. The molecule has 0 saturated heterocycles. The Morgan fingerprint density at radius 1 is 1.50 bits per heavy atom. The minimum atomic E-state index is -0.738. The number of carbonyl (C=O) groups is 1. The molecule has 0 bridgehead atoms. The van der Waals surface area contributed by atoms with E-state index in [9.17, 15) is 9.90 Å². The van der Waals surface area contributed by atoms with Crippen molar-refractivity contribution in [1.82, 2.24) is 5.32 Å². The number of ether oxygens (including phenoxy) is 1. The van der Waals surface area contributed by atoms with E-state index in [-0.39, 0.29) is 0 Å². The second-order valence-electron chi connectivity index (χ2n) is 4.46. The van der Waals surface area contributed by atoms with Crippen LogP contribution in [0.3, 0.4) is 0 Å². The highest BCUT2D eigenvalue weighted by molar-refractivity contribution is 5.78. The minimum Gasteiger partial charge on any atom is -0.480 e. The maximum absolute atomic E-state index is 11.4. The van der Waals surface area contributed by atoms with Crippen LogP contribution in [0.15, 0.2) is 0 Å². The predicted octanol–water partition coefficient (Wildman–Crippen LogP) is 1.79. The van der Waals surface area contributed by atoms with Crippen LogP contribution < -0.4 is 5.32 Å². The minimum absolute atomic E-state index is 0.420.